The minimum absolute atomic E-state index is 0.0970. The summed E-state index contributed by atoms with van der Waals surface area (Å²) in [4.78, 5) is 15.8. The van der Waals surface area contributed by atoms with Crippen LogP contribution in [0.3, 0.4) is 0 Å². The molecule has 0 saturated heterocycles. The number of rotatable bonds is 13. The highest BCUT2D eigenvalue weighted by Crippen LogP contribution is 2.68. The molecule has 1 aromatic carbocycles. The van der Waals surface area contributed by atoms with Gasteiger partial charge in [0.25, 0.3) is 0 Å². The van der Waals surface area contributed by atoms with E-state index in [1.165, 1.54) is 37.7 Å². The molecule has 0 radical (unpaired) electrons. The number of amides is 1. The summed E-state index contributed by atoms with van der Waals surface area (Å²) in [6.45, 7) is 10.8. The zero-order valence-corrected chi connectivity index (χ0v) is 28.3. The molecule has 4 fully saturated rings. The van der Waals surface area contributed by atoms with Crippen LogP contribution in [0.25, 0.3) is 0 Å². The number of nitrogens with zero attached hydrogens (tertiary/aromatic N) is 1. The van der Waals surface area contributed by atoms with Crippen molar-refractivity contribution in [2.75, 3.05) is 6.54 Å². The Kier molecular flexibility index (Phi) is 11.2. The lowest BCUT2D eigenvalue weighted by Gasteiger charge is -2.63. The molecule has 5 rings (SSSR count). The predicted octanol–water partition coefficient (Wildman–Crippen LogP) is 7.75. The van der Waals surface area contributed by atoms with Crippen molar-refractivity contribution in [3.05, 3.63) is 35.9 Å². The number of benzene rings is 1. The molecule has 4 aliphatic rings. The van der Waals surface area contributed by atoms with E-state index in [1.54, 1.807) is 0 Å². The van der Waals surface area contributed by atoms with Crippen molar-refractivity contribution < 1.29 is 20.1 Å². The average molecular weight is 610 g/mol. The molecule has 0 aliphatic heterocycles. The normalized spacial score (nSPS) is 38.8. The van der Waals surface area contributed by atoms with Gasteiger partial charge in [-0.25, -0.2) is 0 Å². The molecular weight excluding hydrogens is 546 g/mol. The maximum Gasteiger partial charge on any atom is 0.222 e. The minimum atomic E-state index is -0.378. The maximum absolute atomic E-state index is 13.7. The second kappa shape index (κ2) is 14.6. The van der Waals surface area contributed by atoms with E-state index in [1.807, 2.05) is 6.07 Å². The van der Waals surface area contributed by atoms with Gasteiger partial charge in [0.15, 0.2) is 0 Å². The quantitative estimate of drug-likeness (QED) is 0.200. The summed E-state index contributed by atoms with van der Waals surface area (Å²) in [6.07, 6.45) is 14.1. The van der Waals surface area contributed by atoms with Crippen molar-refractivity contribution in [3.8, 4) is 0 Å². The standard InChI is InChI=1S/C39H63NO4/c1-5-6-7-8-9-13-22-40(26-28-14-11-10-12-15-28)36(44)19-16-27(2)31-17-18-32-37-33(25-35(43)39(31,32)4)38(3)21-20-30(41)23-29(38)24-34(37)42/h10-12,14-15,27,29-35,37,41-43H,5-9,13,16-26H2,1-4H3/t27-,29?,30-,31-,32+,33+,34-,35+,37?,38+,39-/m1/s1. The molecule has 2 unspecified atom stereocenters. The van der Waals surface area contributed by atoms with Gasteiger partial charge in [0.1, 0.15) is 0 Å². The SMILES string of the molecule is CCCCCCCCN(Cc1ccccc1)C(=O)CC[C@@H](C)[C@H]1CC[C@H]2C3[C@H](O)CC4C[C@H](O)CC[C@]4(C)[C@H]3C[C@H](O)[C@]12C. The summed E-state index contributed by atoms with van der Waals surface area (Å²) in [5.41, 5.74) is 1.07. The topological polar surface area (TPSA) is 81.0 Å². The molecule has 1 aromatic rings. The highest BCUT2D eigenvalue weighted by atomic mass is 16.3. The van der Waals surface area contributed by atoms with E-state index in [9.17, 15) is 20.1 Å². The third-order valence-corrected chi connectivity index (χ3v) is 13.7. The van der Waals surface area contributed by atoms with Crippen molar-refractivity contribution in [3.63, 3.8) is 0 Å². The van der Waals surface area contributed by atoms with Crippen LogP contribution in [-0.4, -0.2) is 51.0 Å². The Hall–Kier alpha value is -1.43. The fraction of sp³-hybridized carbons (Fsp3) is 0.821. The lowest BCUT2D eigenvalue weighted by molar-refractivity contribution is -0.207. The van der Waals surface area contributed by atoms with Gasteiger partial charge in [-0.2, -0.15) is 0 Å². The van der Waals surface area contributed by atoms with Gasteiger partial charge in [-0.15, -0.1) is 0 Å². The van der Waals surface area contributed by atoms with Crippen molar-refractivity contribution in [2.45, 2.75) is 149 Å². The number of hydrogen-bond acceptors (Lipinski definition) is 4. The van der Waals surface area contributed by atoms with E-state index in [4.69, 9.17) is 0 Å². The number of carbonyl (C=O) groups excluding carboxylic acids is 1. The van der Waals surface area contributed by atoms with Gasteiger partial charge in [0, 0.05) is 19.5 Å². The molecule has 1 amide bonds. The van der Waals surface area contributed by atoms with E-state index in [0.29, 0.717) is 42.6 Å². The van der Waals surface area contributed by atoms with Crippen molar-refractivity contribution >= 4 is 5.91 Å². The molecule has 0 spiro atoms. The van der Waals surface area contributed by atoms with Crippen molar-refractivity contribution in [1.82, 2.24) is 4.90 Å². The molecule has 248 valence electrons. The zero-order chi connectivity index (χ0) is 31.5. The average Bonchev–Trinajstić information content (AvgIpc) is 3.37. The summed E-state index contributed by atoms with van der Waals surface area (Å²) in [5, 5.41) is 33.9. The minimum Gasteiger partial charge on any atom is -0.393 e. The fourth-order valence-electron chi connectivity index (χ4n) is 11.0. The summed E-state index contributed by atoms with van der Waals surface area (Å²) in [6, 6.07) is 10.4. The van der Waals surface area contributed by atoms with Crippen LogP contribution in [0.1, 0.15) is 130 Å². The zero-order valence-electron chi connectivity index (χ0n) is 28.3. The molecular formula is C39H63NO4. The van der Waals surface area contributed by atoms with Crippen LogP contribution < -0.4 is 0 Å². The van der Waals surface area contributed by atoms with Crippen LogP contribution in [0.2, 0.25) is 0 Å². The Morgan fingerprint density at radius 1 is 0.932 bits per heavy atom. The van der Waals surface area contributed by atoms with Crippen LogP contribution in [0.5, 0.6) is 0 Å². The van der Waals surface area contributed by atoms with E-state index in [2.05, 4.69) is 56.9 Å². The van der Waals surface area contributed by atoms with Gasteiger partial charge < -0.3 is 20.2 Å². The van der Waals surface area contributed by atoms with Gasteiger partial charge >= 0.3 is 0 Å². The first kappa shape index (κ1) is 33.9. The second-order valence-corrected chi connectivity index (χ2v) is 16.1. The monoisotopic (exact) mass is 609 g/mol. The van der Waals surface area contributed by atoms with Crippen LogP contribution >= 0.6 is 0 Å². The summed E-state index contributed by atoms with van der Waals surface area (Å²) in [5.74, 6) is 2.19. The third kappa shape index (κ3) is 6.81. The Balaban J connectivity index is 1.22. The van der Waals surface area contributed by atoms with Gasteiger partial charge in [-0.3, -0.25) is 4.79 Å². The van der Waals surface area contributed by atoms with Gasteiger partial charge in [-0.1, -0.05) is 90.1 Å². The molecule has 4 saturated carbocycles. The number of carbonyl (C=O) groups is 1. The molecule has 0 heterocycles. The number of hydrogen-bond donors (Lipinski definition) is 3. The smallest absolute Gasteiger partial charge is 0.222 e. The number of unbranched alkanes of at least 4 members (excludes halogenated alkanes) is 5. The van der Waals surface area contributed by atoms with Crippen LogP contribution in [0, 0.1) is 46.3 Å². The number of fused-ring (bicyclic) bond motifs is 5. The first-order valence-corrected chi connectivity index (χ1v) is 18.4. The lowest BCUT2D eigenvalue weighted by Crippen LogP contribution is -2.62. The molecule has 0 bridgehead atoms. The predicted molar refractivity (Wildman–Crippen MR) is 178 cm³/mol. The summed E-state index contributed by atoms with van der Waals surface area (Å²) >= 11 is 0. The Morgan fingerprint density at radius 3 is 2.41 bits per heavy atom. The molecule has 4 aliphatic carbocycles. The van der Waals surface area contributed by atoms with E-state index in [0.717, 1.165) is 64.3 Å². The van der Waals surface area contributed by atoms with E-state index < -0.39 is 0 Å². The Morgan fingerprint density at radius 2 is 1.66 bits per heavy atom. The highest BCUT2D eigenvalue weighted by molar-refractivity contribution is 5.76. The Labute approximate surface area is 268 Å². The first-order valence-electron chi connectivity index (χ1n) is 18.4. The Bertz CT molecular complexity index is 1060. The summed E-state index contributed by atoms with van der Waals surface area (Å²) in [7, 11) is 0. The van der Waals surface area contributed by atoms with Crippen molar-refractivity contribution in [1.29, 1.82) is 0 Å². The van der Waals surface area contributed by atoms with Crippen molar-refractivity contribution in [2.24, 2.45) is 46.3 Å². The number of aliphatic hydroxyl groups excluding tert-OH is 3. The fourth-order valence-corrected chi connectivity index (χ4v) is 11.0. The van der Waals surface area contributed by atoms with Gasteiger partial charge in [-0.05, 0) is 110 Å². The molecule has 44 heavy (non-hydrogen) atoms. The largest absolute Gasteiger partial charge is 0.393 e. The van der Waals surface area contributed by atoms with Gasteiger partial charge in [0.2, 0.25) is 5.91 Å². The second-order valence-electron chi connectivity index (χ2n) is 16.1. The van der Waals surface area contributed by atoms with E-state index in [-0.39, 0.29) is 41.0 Å². The molecule has 3 N–H and O–H groups in total. The lowest BCUT2D eigenvalue weighted by atomic mass is 9.43. The highest BCUT2D eigenvalue weighted by Gasteiger charge is 2.65. The molecule has 11 atom stereocenters. The maximum atomic E-state index is 13.7. The van der Waals surface area contributed by atoms with E-state index >= 15 is 0 Å². The summed E-state index contributed by atoms with van der Waals surface area (Å²) < 4.78 is 0. The van der Waals surface area contributed by atoms with Crippen LogP contribution in [0.4, 0.5) is 0 Å². The first-order chi connectivity index (χ1) is 21.1. The number of aliphatic hydroxyl groups is 3. The molecule has 5 heteroatoms. The third-order valence-electron chi connectivity index (χ3n) is 13.7. The molecule has 5 nitrogen and oxygen atoms in total. The molecule has 0 aromatic heterocycles. The van der Waals surface area contributed by atoms with Crippen LogP contribution in [-0.2, 0) is 11.3 Å². The van der Waals surface area contributed by atoms with Gasteiger partial charge in [0.05, 0.1) is 18.3 Å². The van der Waals surface area contributed by atoms with Crippen LogP contribution in [0.15, 0.2) is 30.3 Å².